The summed E-state index contributed by atoms with van der Waals surface area (Å²) in [6.45, 7) is 6.33. The number of amides is 1. The molecule has 0 radical (unpaired) electrons. The Balaban J connectivity index is 2.26. The molecular weight excluding hydrogens is 328 g/mol. The van der Waals surface area contributed by atoms with Gasteiger partial charge in [0.2, 0.25) is 0 Å². The first-order chi connectivity index (χ1) is 9.88. The quantitative estimate of drug-likeness (QED) is 0.838. The number of nitrogens with one attached hydrogen (secondary N) is 1. The van der Waals surface area contributed by atoms with Gasteiger partial charge in [-0.25, -0.2) is 4.98 Å². The molecule has 0 spiro atoms. The Bertz CT molecular complexity index is 620. The van der Waals surface area contributed by atoms with E-state index in [4.69, 9.17) is 0 Å². The molecule has 1 heterocycles. The van der Waals surface area contributed by atoms with E-state index in [1.54, 1.807) is 18.2 Å². The second kappa shape index (κ2) is 6.39. The van der Waals surface area contributed by atoms with E-state index in [1.165, 1.54) is 0 Å². The van der Waals surface area contributed by atoms with Crippen LogP contribution in [0.2, 0.25) is 0 Å². The van der Waals surface area contributed by atoms with Crippen molar-refractivity contribution in [2.45, 2.75) is 26.8 Å². The second-order valence-electron chi connectivity index (χ2n) is 6.03. The van der Waals surface area contributed by atoms with Gasteiger partial charge in [-0.05, 0) is 39.0 Å². The molecule has 0 fully saturated rings. The second-order valence-corrected chi connectivity index (χ2v) is 6.84. The van der Waals surface area contributed by atoms with Gasteiger partial charge in [-0.1, -0.05) is 57.2 Å². The Labute approximate surface area is 133 Å². The van der Waals surface area contributed by atoms with Crippen LogP contribution < -0.4 is 5.32 Å². The summed E-state index contributed by atoms with van der Waals surface area (Å²) >= 11 is 3.29. The Morgan fingerprint density at radius 3 is 2.33 bits per heavy atom. The highest BCUT2D eigenvalue weighted by molar-refractivity contribution is 9.10. The molecule has 0 bridgehead atoms. The largest absolute Gasteiger partial charge is 0.343 e. The van der Waals surface area contributed by atoms with Crippen LogP contribution >= 0.6 is 15.9 Å². The molecule has 2 aromatic rings. The lowest BCUT2D eigenvalue weighted by atomic mass is 9.82. The van der Waals surface area contributed by atoms with Crippen LogP contribution in [0.5, 0.6) is 0 Å². The van der Waals surface area contributed by atoms with Crippen LogP contribution in [-0.4, -0.2) is 10.9 Å². The van der Waals surface area contributed by atoms with Crippen molar-refractivity contribution in [2.75, 3.05) is 0 Å². The van der Waals surface area contributed by atoms with Crippen LogP contribution in [0.3, 0.4) is 0 Å². The number of nitrogens with zero attached hydrogens (tertiary/aromatic N) is 1. The lowest BCUT2D eigenvalue weighted by Gasteiger charge is -2.31. The van der Waals surface area contributed by atoms with Crippen LogP contribution in [0.4, 0.5) is 0 Å². The van der Waals surface area contributed by atoms with Crippen molar-refractivity contribution >= 4 is 21.8 Å². The number of hydrogen-bond acceptors (Lipinski definition) is 2. The van der Waals surface area contributed by atoms with E-state index in [0.717, 1.165) is 5.56 Å². The number of rotatable bonds is 3. The normalized spacial score (nSPS) is 12.8. The van der Waals surface area contributed by atoms with E-state index >= 15 is 0 Å². The number of pyridine rings is 1. The molecule has 1 atom stereocenters. The Kier molecular flexibility index (Phi) is 4.78. The van der Waals surface area contributed by atoms with Crippen LogP contribution in [0.25, 0.3) is 0 Å². The first-order valence-corrected chi connectivity index (χ1v) is 7.65. The van der Waals surface area contributed by atoms with Gasteiger partial charge in [0.05, 0.1) is 6.04 Å². The van der Waals surface area contributed by atoms with E-state index in [2.05, 4.69) is 47.0 Å². The molecule has 1 aromatic carbocycles. The molecule has 4 heteroatoms. The third-order valence-electron chi connectivity index (χ3n) is 3.22. The van der Waals surface area contributed by atoms with Crippen molar-refractivity contribution in [3.8, 4) is 0 Å². The fourth-order valence-corrected chi connectivity index (χ4v) is 2.53. The van der Waals surface area contributed by atoms with Gasteiger partial charge < -0.3 is 5.32 Å². The van der Waals surface area contributed by atoms with Crippen LogP contribution in [0, 0.1) is 5.41 Å². The van der Waals surface area contributed by atoms with Gasteiger partial charge in [0, 0.05) is 0 Å². The van der Waals surface area contributed by atoms with Gasteiger partial charge in [0.15, 0.2) is 0 Å². The highest BCUT2D eigenvalue weighted by Crippen LogP contribution is 2.32. The van der Waals surface area contributed by atoms with Gasteiger partial charge in [0.1, 0.15) is 10.3 Å². The topological polar surface area (TPSA) is 42.0 Å². The maximum Gasteiger partial charge on any atom is 0.270 e. The Morgan fingerprint density at radius 2 is 1.76 bits per heavy atom. The molecule has 0 aliphatic heterocycles. The van der Waals surface area contributed by atoms with Crippen molar-refractivity contribution in [1.82, 2.24) is 10.3 Å². The SMILES string of the molecule is CC(C)(C)C(NC(=O)c1cccc(Br)n1)c1ccccc1. The predicted octanol–water partition coefficient (Wildman–Crippen LogP) is 4.36. The minimum absolute atomic E-state index is 0.0769. The molecule has 0 saturated carbocycles. The van der Waals surface area contributed by atoms with Crippen LogP contribution in [0.1, 0.15) is 42.9 Å². The smallest absolute Gasteiger partial charge is 0.270 e. The average Bonchev–Trinajstić information content (AvgIpc) is 2.44. The van der Waals surface area contributed by atoms with E-state index in [0.29, 0.717) is 10.3 Å². The molecule has 3 nitrogen and oxygen atoms in total. The third-order valence-corrected chi connectivity index (χ3v) is 3.66. The van der Waals surface area contributed by atoms with Crippen LogP contribution in [0.15, 0.2) is 53.1 Å². The number of carbonyl (C=O) groups is 1. The van der Waals surface area contributed by atoms with Gasteiger partial charge in [0.25, 0.3) is 5.91 Å². The lowest BCUT2D eigenvalue weighted by molar-refractivity contribution is 0.0896. The van der Waals surface area contributed by atoms with Crippen molar-refractivity contribution in [2.24, 2.45) is 5.41 Å². The summed E-state index contributed by atoms with van der Waals surface area (Å²) in [5, 5.41) is 3.09. The maximum absolute atomic E-state index is 12.4. The van der Waals surface area contributed by atoms with Gasteiger partial charge in [-0.15, -0.1) is 0 Å². The summed E-state index contributed by atoms with van der Waals surface area (Å²) < 4.78 is 0.655. The third kappa shape index (κ3) is 4.14. The Morgan fingerprint density at radius 1 is 1.10 bits per heavy atom. The number of halogens is 1. The molecule has 2 rings (SSSR count). The zero-order chi connectivity index (χ0) is 15.5. The highest BCUT2D eigenvalue weighted by atomic mass is 79.9. The fraction of sp³-hybridized carbons (Fsp3) is 0.294. The van der Waals surface area contributed by atoms with Gasteiger partial charge in [-0.3, -0.25) is 4.79 Å². The van der Waals surface area contributed by atoms with Crippen molar-refractivity contribution in [3.05, 3.63) is 64.4 Å². The molecule has 0 saturated heterocycles. The number of hydrogen-bond donors (Lipinski definition) is 1. The molecule has 1 unspecified atom stereocenters. The van der Waals surface area contributed by atoms with Crippen molar-refractivity contribution < 1.29 is 4.79 Å². The molecule has 0 aliphatic carbocycles. The summed E-state index contributed by atoms with van der Waals surface area (Å²) in [4.78, 5) is 16.6. The number of benzene rings is 1. The molecule has 1 amide bonds. The predicted molar refractivity (Wildman–Crippen MR) is 88.0 cm³/mol. The minimum Gasteiger partial charge on any atom is -0.343 e. The lowest BCUT2D eigenvalue weighted by Crippen LogP contribution is -2.37. The molecular formula is C17H19BrN2O. The molecule has 110 valence electrons. The summed E-state index contributed by atoms with van der Waals surface area (Å²) in [7, 11) is 0. The summed E-state index contributed by atoms with van der Waals surface area (Å²) in [5.74, 6) is -0.167. The van der Waals surface area contributed by atoms with E-state index in [9.17, 15) is 4.79 Å². The highest BCUT2D eigenvalue weighted by Gasteiger charge is 2.28. The van der Waals surface area contributed by atoms with E-state index in [-0.39, 0.29) is 17.4 Å². The molecule has 21 heavy (non-hydrogen) atoms. The molecule has 0 aliphatic rings. The zero-order valence-electron chi connectivity index (χ0n) is 12.4. The summed E-state index contributed by atoms with van der Waals surface area (Å²) in [5.41, 5.74) is 1.41. The fourth-order valence-electron chi connectivity index (χ4n) is 2.19. The summed E-state index contributed by atoms with van der Waals surface area (Å²) in [6, 6.07) is 15.2. The number of carbonyl (C=O) groups excluding carboxylic acids is 1. The Hall–Kier alpha value is -1.68. The first-order valence-electron chi connectivity index (χ1n) is 6.86. The van der Waals surface area contributed by atoms with E-state index in [1.807, 2.05) is 30.3 Å². The van der Waals surface area contributed by atoms with Crippen molar-refractivity contribution in [3.63, 3.8) is 0 Å². The zero-order valence-corrected chi connectivity index (χ0v) is 14.0. The molecule has 1 aromatic heterocycles. The summed E-state index contributed by atoms with van der Waals surface area (Å²) in [6.07, 6.45) is 0. The number of aromatic nitrogens is 1. The van der Waals surface area contributed by atoms with E-state index < -0.39 is 0 Å². The van der Waals surface area contributed by atoms with Gasteiger partial charge in [-0.2, -0.15) is 0 Å². The standard InChI is InChI=1S/C17H19BrN2O/c1-17(2,3)15(12-8-5-4-6-9-12)20-16(21)13-10-7-11-14(18)19-13/h4-11,15H,1-3H3,(H,20,21). The van der Waals surface area contributed by atoms with Crippen molar-refractivity contribution in [1.29, 1.82) is 0 Å². The maximum atomic E-state index is 12.4. The monoisotopic (exact) mass is 346 g/mol. The first kappa shape index (κ1) is 15.7. The van der Waals surface area contributed by atoms with Gasteiger partial charge >= 0.3 is 0 Å². The van der Waals surface area contributed by atoms with Crippen LogP contribution in [-0.2, 0) is 0 Å². The molecule has 1 N–H and O–H groups in total. The average molecular weight is 347 g/mol. The minimum atomic E-state index is -0.167.